The molecule has 3 nitrogen and oxygen atoms in total. The molecule has 0 radical (unpaired) electrons. The van der Waals surface area contributed by atoms with Gasteiger partial charge in [-0.05, 0) is 24.7 Å². The van der Waals surface area contributed by atoms with Crippen LogP contribution in [0.2, 0.25) is 0 Å². The Morgan fingerprint density at radius 3 is 2.38 bits per heavy atom. The summed E-state index contributed by atoms with van der Waals surface area (Å²) < 4.78 is 11.0. The second kappa shape index (κ2) is 4.84. The van der Waals surface area contributed by atoms with E-state index >= 15 is 0 Å². The minimum atomic E-state index is -0.274. The lowest BCUT2D eigenvalue weighted by molar-refractivity contribution is -0.154. The Morgan fingerprint density at radius 1 is 1.19 bits per heavy atom. The Bertz CT molecular complexity index is 256. The molecule has 92 valence electrons. The fourth-order valence-electron chi connectivity index (χ4n) is 2.94. The van der Waals surface area contributed by atoms with Gasteiger partial charge in [-0.15, -0.1) is 0 Å². The Morgan fingerprint density at radius 2 is 1.81 bits per heavy atom. The molecule has 0 spiro atoms. The fourth-order valence-corrected chi connectivity index (χ4v) is 2.94. The van der Waals surface area contributed by atoms with Crippen LogP contribution < -0.4 is 0 Å². The van der Waals surface area contributed by atoms with Gasteiger partial charge in [0.05, 0.1) is 19.1 Å². The molecular formula is C13H22O3. The molecule has 1 aliphatic heterocycles. The van der Waals surface area contributed by atoms with Gasteiger partial charge in [0.15, 0.2) is 6.29 Å². The molecule has 0 aromatic carbocycles. The van der Waals surface area contributed by atoms with Gasteiger partial charge in [0.2, 0.25) is 0 Å². The van der Waals surface area contributed by atoms with E-state index in [1.165, 1.54) is 0 Å². The zero-order chi connectivity index (χ0) is 11.7. The predicted octanol–water partition coefficient (Wildman–Crippen LogP) is 2.25. The first-order chi connectivity index (χ1) is 7.61. The molecule has 0 bridgehead atoms. The van der Waals surface area contributed by atoms with Crippen molar-refractivity contribution in [2.75, 3.05) is 13.2 Å². The molecule has 2 aliphatic rings. The molecule has 2 fully saturated rings. The van der Waals surface area contributed by atoms with Crippen LogP contribution in [-0.4, -0.2) is 25.3 Å². The monoisotopic (exact) mass is 226 g/mol. The number of hydrogen-bond acceptors (Lipinski definition) is 3. The maximum Gasteiger partial charge on any atom is 0.167 e. The average molecular weight is 226 g/mol. The second-order valence-corrected chi connectivity index (χ2v) is 5.44. The van der Waals surface area contributed by atoms with E-state index in [0.29, 0.717) is 30.8 Å². The minimum Gasteiger partial charge on any atom is -0.349 e. The van der Waals surface area contributed by atoms with Crippen molar-refractivity contribution < 1.29 is 14.3 Å². The summed E-state index contributed by atoms with van der Waals surface area (Å²) in [7, 11) is 0. The maximum atomic E-state index is 12.4. The van der Waals surface area contributed by atoms with E-state index in [4.69, 9.17) is 9.47 Å². The molecule has 3 heteroatoms. The summed E-state index contributed by atoms with van der Waals surface area (Å²) in [4.78, 5) is 12.4. The molecule has 0 aromatic heterocycles. The molecule has 1 saturated carbocycles. The number of ether oxygens (including phenoxy) is 2. The van der Waals surface area contributed by atoms with Crippen LogP contribution in [0.3, 0.4) is 0 Å². The van der Waals surface area contributed by atoms with Gasteiger partial charge in [-0.3, -0.25) is 4.79 Å². The summed E-state index contributed by atoms with van der Waals surface area (Å²) in [6, 6.07) is 0. The molecule has 3 atom stereocenters. The number of rotatable bonds is 2. The summed E-state index contributed by atoms with van der Waals surface area (Å²) in [5, 5.41) is 0. The quantitative estimate of drug-likeness (QED) is 0.724. The average Bonchev–Trinajstić information content (AvgIpc) is 2.70. The van der Waals surface area contributed by atoms with Gasteiger partial charge >= 0.3 is 0 Å². The number of ketones is 1. The zero-order valence-corrected chi connectivity index (χ0v) is 10.4. The molecule has 0 N–H and O–H groups in total. The highest BCUT2D eigenvalue weighted by atomic mass is 16.7. The lowest BCUT2D eigenvalue weighted by Gasteiger charge is -2.36. The highest BCUT2D eigenvalue weighted by molar-refractivity contribution is 5.85. The van der Waals surface area contributed by atoms with Crippen LogP contribution in [0, 0.1) is 23.7 Å². The molecule has 16 heavy (non-hydrogen) atoms. The van der Waals surface area contributed by atoms with E-state index in [0.717, 1.165) is 12.8 Å². The zero-order valence-electron chi connectivity index (χ0n) is 10.4. The van der Waals surface area contributed by atoms with Crippen molar-refractivity contribution in [3.05, 3.63) is 0 Å². The molecule has 0 aromatic rings. The van der Waals surface area contributed by atoms with Crippen LogP contribution >= 0.6 is 0 Å². The Kier molecular flexibility index (Phi) is 3.65. The van der Waals surface area contributed by atoms with E-state index in [9.17, 15) is 4.79 Å². The van der Waals surface area contributed by atoms with E-state index in [-0.39, 0.29) is 18.1 Å². The van der Waals surface area contributed by atoms with Gasteiger partial charge in [-0.2, -0.15) is 0 Å². The van der Waals surface area contributed by atoms with Crippen molar-refractivity contribution in [2.24, 2.45) is 23.7 Å². The van der Waals surface area contributed by atoms with Crippen LogP contribution in [0.1, 0.15) is 33.6 Å². The molecule has 1 aliphatic carbocycles. The van der Waals surface area contributed by atoms with Crippen LogP contribution in [0.4, 0.5) is 0 Å². The Labute approximate surface area is 97.5 Å². The lowest BCUT2D eigenvalue weighted by atomic mass is 9.70. The number of carbonyl (C=O) groups is 1. The van der Waals surface area contributed by atoms with Gasteiger partial charge in [-0.25, -0.2) is 0 Å². The van der Waals surface area contributed by atoms with Gasteiger partial charge in [0.1, 0.15) is 5.78 Å². The maximum absolute atomic E-state index is 12.4. The number of carbonyl (C=O) groups excluding carboxylic acids is 1. The third-order valence-electron chi connectivity index (χ3n) is 3.99. The van der Waals surface area contributed by atoms with Gasteiger partial charge in [0.25, 0.3) is 0 Å². The highest BCUT2D eigenvalue weighted by Crippen LogP contribution is 2.38. The van der Waals surface area contributed by atoms with Crippen molar-refractivity contribution in [3.8, 4) is 0 Å². The summed E-state index contributed by atoms with van der Waals surface area (Å²) in [5.74, 6) is 1.35. The molecule has 1 heterocycles. The van der Waals surface area contributed by atoms with Crippen LogP contribution in [0.25, 0.3) is 0 Å². The summed E-state index contributed by atoms with van der Waals surface area (Å²) >= 11 is 0. The first kappa shape index (κ1) is 12.1. The van der Waals surface area contributed by atoms with Gasteiger partial charge < -0.3 is 9.47 Å². The molecule has 3 unspecified atom stereocenters. The van der Waals surface area contributed by atoms with Gasteiger partial charge in [-0.1, -0.05) is 20.8 Å². The SMILES string of the molecule is CC(C)C1CCC(C)C(C2OCCO2)C1=O. The first-order valence-corrected chi connectivity index (χ1v) is 6.38. The fraction of sp³-hybridized carbons (Fsp3) is 0.923. The molecule has 2 rings (SSSR count). The van der Waals surface area contributed by atoms with Crippen molar-refractivity contribution in [1.29, 1.82) is 0 Å². The predicted molar refractivity (Wildman–Crippen MR) is 60.9 cm³/mol. The second-order valence-electron chi connectivity index (χ2n) is 5.44. The highest BCUT2D eigenvalue weighted by Gasteiger charge is 2.43. The van der Waals surface area contributed by atoms with E-state index in [1.54, 1.807) is 0 Å². The molecule has 0 amide bonds. The first-order valence-electron chi connectivity index (χ1n) is 6.38. The summed E-state index contributed by atoms with van der Waals surface area (Å²) in [5.41, 5.74) is 0. The van der Waals surface area contributed by atoms with Crippen molar-refractivity contribution in [3.63, 3.8) is 0 Å². The topological polar surface area (TPSA) is 35.5 Å². The van der Waals surface area contributed by atoms with Crippen LogP contribution in [0.15, 0.2) is 0 Å². The number of hydrogen-bond donors (Lipinski definition) is 0. The summed E-state index contributed by atoms with van der Waals surface area (Å²) in [6.45, 7) is 7.67. The van der Waals surface area contributed by atoms with Crippen molar-refractivity contribution >= 4 is 5.78 Å². The van der Waals surface area contributed by atoms with Crippen molar-refractivity contribution in [1.82, 2.24) is 0 Å². The normalized spacial score (nSPS) is 37.2. The molecular weight excluding hydrogens is 204 g/mol. The Balaban J connectivity index is 2.10. The van der Waals surface area contributed by atoms with Crippen LogP contribution in [0.5, 0.6) is 0 Å². The van der Waals surface area contributed by atoms with Crippen molar-refractivity contribution in [2.45, 2.75) is 39.9 Å². The largest absolute Gasteiger partial charge is 0.349 e. The Hall–Kier alpha value is -0.410. The van der Waals surface area contributed by atoms with Crippen LogP contribution in [-0.2, 0) is 14.3 Å². The smallest absolute Gasteiger partial charge is 0.167 e. The standard InChI is InChI=1S/C13H22O3/c1-8(2)10-5-4-9(3)11(12(10)14)13-15-6-7-16-13/h8-11,13H,4-7H2,1-3H3. The van der Waals surface area contributed by atoms with E-state index in [2.05, 4.69) is 20.8 Å². The molecule has 1 saturated heterocycles. The third kappa shape index (κ3) is 2.16. The number of Topliss-reactive ketones (excluding diaryl/α,β-unsaturated/α-hetero) is 1. The lowest BCUT2D eigenvalue weighted by Crippen LogP contribution is -2.43. The van der Waals surface area contributed by atoms with Gasteiger partial charge in [0, 0.05) is 5.92 Å². The summed E-state index contributed by atoms with van der Waals surface area (Å²) in [6.07, 6.45) is 1.87. The van der Waals surface area contributed by atoms with E-state index in [1.807, 2.05) is 0 Å². The minimum absolute atomic E-state index is 0.0383. The van der Waals surface area contributed by atoms with E-state index < -0.39 is 0 Å². The third-order valence-corrected chi connectivity index (χ3v) is 3.99.